The summed E-state index contributed by atoms with van der Waals surface area (Å²) in [5.41, 5.74) is 7.70. The molecule has 14 rings (SSSR count). The number of rotatable bonds is 4. The zero-order chi connectivity index (χ0) is 43.5. The van der Waals surface area contributed by atoms with Crippen molar-refractivity contribution in [2.75, 3.05) is 77.6 Å². The standard InChI is InChI=1S/2C23H26N2O4.H2O4S/c2*1-27-16-8-14-15(9-17(16)28-2)25-20(26)10-18-21-13-7-19-23(14,22(21)25)4-5-24(19)11-12(13)3-6-29-18;1-5(2,3)4/h2*3,8-9,13,18-19,21-22H,4-7,10-11H2,1-2H3;(H2,1,2,3,4). The number of benzene rings is 2. The fraction of sp³-hybridized carbons (Fsp3) is 0.609. The van der Waals surface area contributed by atoms with Crippen molar-refractivity contribution >= 4 is 33.6 Å². The zero-order valence-electron chi connectivity index (χ0n) is 35.9. The summed E-state index contributed by atoms with van der Waals surface area (Å²) in [6, 6.07) is 9.74. The third kappa shape index (κ3) is 5.32. The van der Waals surface area contributed by atoms with E-state index in [2.05, 4.69) is 43.9 Å². The number of methoxy groups -OCH3 is 4. The molecule has 12 atom stereocenters. The molecule has 2 spiro atoms. The molecule has 16 nitrogen and oxygen atoms in total. The van der Waals surface area contributed by atoms with Gasteiger partial charge in [-0.15, -0.1) is 0 Å². The molecule has 2 aromatic rings. The Hall–Kier alpha value is -4.23. The first-order valence-electron chi connectivity index (χ1n) is 22.3. The topological polar surface area (TPSA) is 177 Å². The minimum Gasteiger partial charge on any atom is -0.493 e. The quantitative estimate of drug-likeness (QED) is 0.337. The van der Waals surface area contributed by atoms with Crippen LogP contribution in [0.5, 0.6) is 23.0 Å². The molecule has 336 valence electrons. The molecule has 2 saturated carbocycles. The van der Waals surface area contributed by atoms with Crippen molar-refractivity contribution < 1.29 is 55.5 Å². The predicted octanol–water partition coefficient (Wildman–Crippen LogP) is 3.57. The van der Waals surface area contributed by atoms with Crippen molar-refractivity contribution in [2.24, 2.45) is 23.7 Å². The fourth-order valence-electron chi connectivity index (χ4n) is 15.7. The molecule has 2 aromatic carbocycles. The number of ether oxygens (including phenoxy) is 6. The van der Waals surface area contributed by atoms with E-state index in [9.17, 15) is 9.59 Å². The summed E-state index contributed by atoms with van der Waals surface area (Å²) < 4.78 is 66.8. The van der Waals surface area contributed by atoms with Crippen molar-refractivity contribution in [2.45, 2.75) is 85.7 Å². The molecule has 4 bridgehead atoms. The third-order valence-electron chi connectivity index (χ3n) is 17.6. The summed E-state index contributed by atoms with van der Waals surface area (Å²) in [5, 5.41) is 0. The second-order valence-corrected chi connectivity index (χ2v) is 20.3. The van der Waals surface area contributed by atoms with E-state index in [1.54, 1.807) is 39.6 Å². The second-order valence-electron chi connectivity index (χ2n) is 19.4. The van der Waals surface area contributed by atoms with Crippen molar-refractivity contribution in [1.29, 1.82) is 0 Å². The first kappa shape index (κ1) is 40.3. The number of carbonyl (C=O) groups excluding carboxylic acids is 2. The van der Waals surface area contributed by atoms with Crippen LogP contribution in [0, 0.1) is 23.7 Å². The summed E-state index contributed by atoms with van der Waals surface area (Å²) >= 11 is 0. The normalized spacial score (nSPS) is 38.7. The van der Waals surface area contributed by atoms with Crippen LogP contribution in [0.3, 0.4) is 0 Å². The van der Waals surface area contributed by atoms with Gasteiger partial charge in [-0.25, -0.2) is 0 Å². The molecule has 6 saturated heterocycles. The van der Waals surface area contributed by atoms with Gasteiger partial charge in [0.1, 0.15) is 0 Å². The Bertz CT molecular complexity index is 2350. The highest BCUT2D eigenvalue weighted by molar-refractivity contribution is 7.79. The maximum absolute atomic E-state index is 13.5. The molecule has 8 fully saturated rings. The number of anilines is 2. The molecule has 2 amide bonds. The van der Waals surface area contributed by atoms with Gasteiger partial charge in [-0.05, 0) is 73.9 Å². The van der Waals surface area contributed by atoms with Crippen LogP contribution in [0.25, 0.3) is 0 Å². The fourth-order valence-corrected chi connectivity index (χ4v) is 15.7. The molecule has 0 aromatic heterocycles. The van der Waals surface area contributed by atoms with Gasteiger partial charge in [0.25, 0.3) is 0 Å². The Labute approximate surface area is 366 Å². The molecule has 10 aliphatic heterocycles. The van der Waals surface area contributed by atoms with Gasteiger partial charge in [0.2, 0.25) is 11.8 Å². The van der Waals surface area contributed by atoms with Gasteiger partial charge in [-0.2, -0.15) is 8.42 Å². The summed E-state index contributed by atoms with van der Waals surface area (Å²) in [7, 11) is 2.05. The van der Waals surface area contributed by atoms with Crippen molar-refractivity contribution in [3.63, 3.8) is 0 Å². The summed E-state index contributed by atoms with van der Waals surface area (Å²) in [6.07, 6.45) is 10.2. The van der Waals surface area contributed by atoms with Crippen LogP contribution in [0.2, 0.25) is 0 Å². The number of hydrogen-bond acceptors (Lipinski definition) is 12. The van der Waals surface area contributed by atoms with Crippen molar-refractivity contribution in [1.82, 2.24) is 9.80 Å². The lowest BCUT2D eigenvalue weighted by Crippen LogP contribution is -2.69. The molecule has 63 heavy (non-hydrogen) atoms. The van der Waals surface area contributed by atoms with Gasteiger partial charge >= 0.3 is 10.4 Å². The van der Waals surface area contributed by atoms with Gasteiger partial charge in [0.05, 0.1) is 90.2 Å². The smallest absolute Gasteiger partial charge is 0.394 e. The summed E-state index contributed by atoms with van der Waals surface area (Å²) in [6.45, 7) is 5.61. The third-order valence-corrected chi connectivity index (χ3v) is 17.6. The highest BCUT2D eigenvalue weighted by Crippen LogP contribution is 2.68. The number of hydrogen-bond donors (Lipinski definition) is 2. The van der Waals surface area contributed by atoms with Crippen LogP contribution < -0.4 is 28.7 Å². The number of piperidine rings is 4. The summed E-state index contributed by atoms with van der Waals surface area (Å²) in [5.74, 6) is 5.15. The lowest BCUT2D eigenvalue weighted by molar-refractivity contribution is -0.133. The minimum absolute atomic E-state index is 0.0242. The van der Waals surface area contributed by atoms with E-state index in [0.29, 0.717) is 73.3 Å². The lowest BCUT2D eigenvalue weighted by atomic mass is 9.53. The second kappa shape index (κ2) is 13.9. The predicted molar refractivity (Wildman–Crippen MR) is 227 cm³/mol. The first-order valence-corrected chi connectivity index (χ1v) is 23.7. The number of amides is 2. The maximum Gasteiger partial charge on any atom is 0.394 e. The number of carbonyl (C=O) groups is 2. The molecule has 2 aliphatic carbocycles. The van der Waals surface area contributed by atoms with Crippen LogP contribution in [-0.4, -0.2) is 143 Å². The average Bonchev–Trinajstić information content (AvgIpc) is 3.94. The molecule has 12 aliphatic rings. The molecular formula is C46H54N4O12S. The Morgan fingerprint density at radius 3 is 1.40 bits per heavy atom. The largest absolute Gasteiger partial charge is 0.493 e. The Kier molecular flexibility index (Phi) is 8.88. The molecule has 0 radical (unpaired) electrons. The SMILES string of the molecule is COc1cc2c(cc1OC)C13CCN4CC5=CCOC6CC(=O)N2C1C6C5CC43.COc1cc2c(cc1OC)C13CCN4CC5=CCOC6CC(=O)N2C1C6C5CC43.O=S(=O)(O)O. The first-order chi connectivity index (χ1) is 30.3. The van der Waals surface area contributed by atoms with Crippen LogP contribution in [0.15, 0.2) is 47.6 Å². The Balaban J connectivity index is 0.000000121. The minimum atomic E-state index is -4.67. The van der Waals surface area contributed by atoms with E-state index in [4.69, 9.17) is 45.9 Å². The van der Waals surface area contributed by atoms with Crippen molar-refractivity contribution in [3.05, 3.63) is 58.7 Å². The van der Waals surface area contributed by atoms with Crippen LogP contribution >= 0.6 is 0 Å². The Morgan fingerprint density at radius 1 is 0.635 bits per heavy atom. The van der Waals surface area contributed by atoms with Crippen LogP contribution in [0.1, 0.15) is 49.7 Å². The number of nitrogens with zero attached hydrogens (tertiary/aromatic N) is 4. The molecule has 10 heterocycles. The van der Waals surface area contributed by atoms with E-state index >= 15 is 0 Å². The summed E-state index contributed by atoms with van der Waals surface area (Å²) in [4.78, 5) is 36.5. The van der Waals surface area contributed by atoms with E-state index in [0.717, 1.165) is 61.9 Å². The molecule has 2 N–H and O–H groups in total. The van der Waals surface area contributed by atoms with Gasteiger partial charge in [0.15, 0.2) is 23.0 Å². The highest BCUT2D eigenvalue weighted by Gasteiger charge is 2.73. The number of fused-ring (bicyclic) bond motifs is 4. The van der Waals surface area contributed by atoms with Gasteiger partial charge in [0, 0.05) is 60.0 Å². The van der Waals surface area contributed by atoms with Crippen LogP contribution in [0.4, 0.5) is 11.4 Å². The molecule has 12 unspecified atom stereocenters. The monoisotopic (exact) mass is 886 g/mol. The maximum atomic E-state index is 13.5. The van der Waals surface area contributed by atoms with E-state index in [1.807, 2.05) is 12.1 Å². The van der Waals surface area contributed by atoms with Gasteiger partial charge in [-0.1, -0.05) is 23.3 Å². The van der Waals surface area contributed by atoms with E-state index in [1.165, 1.54) is 24.0 Å². The molecule has 17 heteroatoms. The zero-order valence-corrected chi connectivity index (χ0v) is 36.7. The van der Waals surface area contributed by atoms with Gasteiger partial charge in [-0.3, -0.25) is 28.5 Å². The van der Waals surface area contributed by atoms with E-state index in [-0.39, 0.29) is 46.9 Å². The van der Waals surface area contributed by atoms with E-state index < -0.39 is 10.4 Å². The highest BCUT2D eigenvalue weighted by atomic mass is 32.3. The Morgan fingerprint density at radius 2 is 1.02 bits per heavy atom. The average molecular weight is 887 g/mol. The van der Waals surface area contributed by atoms with Gasteiger partial charge < -0.3 is 38.2 Å². The molecular weight excluding hydrogens is 833 g/mol. The lowest BCUT2D eigenvalue weighted by Gasteiger charge is -2.58. The van der Waals surface area contributed by atoms with Crippen molar-refractivity contribution in [3.8, 4) is 23.0 Å². The van der Waals surface area contributed by atoms with Crippen LogP contribution in [-0.2, 0) is 40.3 Å².